The summed E-state index contributed by atoms with van der Waals surface area (Å²) in [5, 5.41) is 5.18. The molecule has 0 radical (unpaired) electrons. The number of benzene rings is 8. The maximum absolute atomic E-state index is 2.52. The van der Waals surface area contributed by atoms with E-state index in [2.05, 4.69) is 170 Å². The standard InChI is InChI=1S/C47H32/c1-3-13-30(14-4-1)33-25-34(31-15-5-2-6-16-31)27-35(26-33)47-41-21-11-9-19-39(41)46(40-20-10-12-22-42(40)47)32-23-24-38-36-17-7-8-18-37(36)44-29-45(44)43(38)28-32/h1-28,44-45H,29H2. The van der Waals surface area contributed by atoms with Gasteiger partial charge < -0.3 is 0 Å². The van der Waals surface area contributed by atoms with Crippen LogP contribution in [0.5, 0.6) is 0 Å². The van der Waals surface area contributed by atoms with Crippen molar-refractivity contribution in [2.24, 2.45) is 0 Å². The van der Waals surface area contributed by atoms with Gasteiger partial charge in [0.15, 0.2) is 0 Å². The van der Waals surface area contributed by atoms with E-state index in [1.165, 1.54) is 94.7 Å². The van der Waals surface area contributed by atoms with Crippen LogP contribution in [0.25, 0.3) is 77.2 Å². The van der Waals surface area contributed by atoms with E-state index >= 15 is 0 Å². The largest absolute Gasteiger partial charge is 0.0622 e. The van der Waals surface area contributed by atoms with Crippen LogP contribution in [-0.2, 0) is 0 Å². The van der Waals surface area contributed by atoms with Crippen LogP contribution in [0.2, 0.25) is 0 Å². The molecule has 0 saturated heterocycles. The molecule has 2 unspecified atom stereocenters. The normalized spacial score (nSPS) is 16.0. The van der Waals surface area contributed by atoms with E-state index in [4.69, 9.17) is 0 Å². The van der Waals surface area contributed by atoms with E-state index in [9.17, 15) is 0 Å². The second-order valence-electron chi connectivity index (χ2n) is 13.2. The monoisotopic (exact) mass is 596 g/mol. The second-order valence-corrected chi connectivity index (χ2v) is 13.2. The van der Waals surface area contributed by atoms with Crippen molar-refractivity contribution in [3.63, 3.8) is 0 Å². The minimum atomic E-state index is 0.633. The Morgan fingerprint density at radius 3 is 1.34 bits per heavy atom. The van der Waals surface area contributed by atoms with Crippen molar-refractivity contribution in [2.45, 2.75) is 18.3 Å². The molecule has 1 saturated carbocycles. The summed E-state index contributed by atoms with van der Waals surface area (Å²) in [5.41, 5.74) is 16.0. The van der Waals surface area contributed by atoms with Gasteiger partial charge in [-0.05, 0) is 125 Å². The Hall–Kier alpha value is -5.72. The fourth-order valence-electron chi connectivity index (χ4n) is 8.34. The molecular weight excluding hydrogens is 565 g/mol. The summed E-state index contributed by atoms with van der Waals surface area (Å²) in [5.74, 6) is 1.30. The molecule has 0 heteroatoms. The smallest absolute Gasteiger partial charge is 0.00259 e. The lowest BCUT2D eigenvalue weighted by Gasteiger charge is -2.22. The van der Waals surface area contributed by atoms with Crippen molar-refractivity contribution in [3.05, 3.63) is 181 Å². The summed E-state index contributed by atoms with van der Waals surface area (Å²) in [6.07, 6.45) is 1.26. The van der Waals surface area contributed by atoms with E-state index in [-0.39, 0.29) is 0 Å². The molecule has 1 fully saturated rings. The molecule has 0 N–H and O–H groups in total. The molecule has 2 aliphatic carbocycles. The second kappa shape index (κ2) is 10.4. The first kappa shape index (κ1) is 26.5. The first-order valence-corrected chi connectivity index (χ1v) is 16.8. The van der Waals surface area contributed by atoms with Gasteiger partial charge in [-0.2, -0.15) is 0 Å². The van der Waals surface area contributed by atoms with Gasteiger partial charge in [0, 0.05) is 0 Å². The molecule has 0 aromatic heterocycles. The maximum atomic E-state index is 2.52. The first-order chi connectivity index (χ1) is 23.3. The molecule has 0 bridgehead atoms. The molecule has 0 amide bonds. The Labute approximate surface area is 275 Å². The molecular formula is C47H32. The minimum absolute atomic E-state index is 0.633. The molecule has 2 atom stereocenters. The molecule has 0 nitrogen and oxygen atoms in total. The van der Waals surface area contributed by atoms with E-state index in [1.807, 2.05) is 0 Å². The highest BCUT2D eigenvalue weighted by molar-refractivity contribution is 6.21. The van der Waals surface area contributed by atoms with Gasteiger partial charge in [-0.15, -0.1) is 0 Å². The van der Waals surface area contributed by atoms with Gasteiger partial charge in [0.05, 0.1) is 0 Å². The van der Waals surface area contributed by atoms with Crippen molar-refractivity contribution in [2.75, 3.05) is 0 Å². The molecule has 47 heavy (non-hydrogen) atoms. The van der Waals surface area contributed by atoms with Gasteiger partial charge in [-0.3, -0.25) is 0 Å². The molecule has 10 rings (SSSR count). The fourth-order valence-corrected chi connectivity index (χ4v) is 8.34. The summed E-state index contributed by atoms with van der Waals surface area (Å²) < 4.78 is 0. The Morgan fingerprint density at radius 1 is 0.298 bits per heavy atom. The van der Waals surface area contributed by atoms with Crippen LogP contribution in [0.15, 0.2) is 170 Å². The van der Waals surface area contributed by atoms with Crippen molar-refractivity contribution in [1.82, 2.24) is 0 Å². The molecule has 2 aliphatic rings. The Kier molecular flexibility index (Phi) is 5.87. The van der Waals surface area contributed by atoms with Crippen LogP contribution in [0, 0.1) is 0 Å². The van der Waals surface area contributed by atoms with Gasteiger partial charge in [-0.25, -0.2) is 0 Å². The maximum Gasteiger partial charge on any atom is -0.00259 e. The van der Waals surface area contributed by atoms with E-state index in [0.717, 1.165) is 0 Å². The zero-order valence-corrected chi connectivity index (χ0v) is 26.0. The molecule has 0 spiro atoms. The third kappa shape index (κ3) is 4.22. The van der Waals surface area contributed by atoms with Crippen LogP contribution >= 0.6 is 0 Å². The summed E-state index contributed by atoms with van der Waals surface area (Å²) in [6, 6.07) is 63.1. The molecule has 0 aliphatic heterocycles. The zero-order chi connectivity index (χ0) is 30.9. The van der Waals surface area contributed by atoms with Crippen LogP contribution in [-0.4, -0.2) is 0 Å². The minimum Gasteiger partial charge on any atom is -0.0622 e. The molecule has 8 aromatic carbocycles. The lowest BCUT2D eigenvalue weighted by molar-refractivity contribution is 1.01. The van der Waals surface area contributed by atoms with Gasteiger partial charge in [0.1, 0.15) is 0 Å². The lowest BCUT2D eigenvalue weighted by Crippen LogP contribution is -2.00. The average Bonchev–Trinajstić information content (AvgIpc) is 3.96. The van der Waals surface area contributed by atoms with E-state index in [1.54, 1.807) is 0 Å². The van der Waals surface area contributed by atoms with Crippen LogP contribution in [0.3, 0.4) is 0 Å². The quantitative estimate of drug-likeness (QED) is 0.177. The first-order valence-electron chi connectivity index (χ1n) is 16.8. The fraction of sp³-hybridized carbons (Fsp3) is 0.0638. The number of hydrogen-bond donors (Lipinski definition) is 0. The van der Waals surface area contributed by atoms with Crippen molar-refractivity contribution < 1.29 is 0 Å². The van der Waals surface area contributed by atoms with Crippen molar-refractivity contribution in [1.29, 1.82) is 0 Å². The number of hydrogen-bond acceptors (Lipinski definition) is 0. The topological polar surface area (TPSA) is 0 Å². The summed E-state index contributed by atoms with van der Waals surface area (Å²) in [4.78, 5) is 0. The SMILES string of the molecule is c1ccc(-c2cc(-c3ccccc3)cc(-c3c4ccccc4c(-c4ccc5c(c4)C4CC4c4ccccc4-5)c4ccccc34)c2)cc1. The summed E-state index contributed by atoms with van der Waals surface area (Å²) in [6.45, 7) is 0. The average molecular weight is 597 g/mol. The Bertz CT molecular complexity index is 2370. The van der Waals surface area contributed by atoms with Gasteiger partial charge in [-0.1, -0.05) is 152 Å². The highest BCUT2D eigenvalue weighted by Gasteiger charge is 2.45. The number of fused-ring (bicyclic) bond motifs is 8. The van der Waals surface area contributed by atoms with E-state index in [0.29, 0.717) is 11.8 Å². The van der Waals surface area contributed by atoms with E-state index < -0.39 is 0 Å². The van der Waals surface area contributed by atoms with Crippen molar-refractivity contribution >= 4 is 21.5 Å². The van der Waals surface area contributed by atoms with Crippen LogP contribution < -0.4 is 0 Å². The molecule has 8 aromatic rings. The molecule has 220 valence electrons. The van der Waals surface area contributed by atoms with Gasteiger partial charge in [0.2, 0.25) is 0 Å². The number of rotatable bonds is 4. The predicted octanol–water partition coefficient (Wildman–Crippen LogP) is 12.9. The van der Waals surface area contributed by atoms with Crippen LogP contribution in [0.1, 0.15) is 29.4 Å². The Balaban J connectivity index is 1.24. The lowest BCUT2D eigenvalue weighted by atomic mass is 9.81. The summed E-state index contributed by atoms with van der Waals surface area (Å²) >= 11 is 0. The molecule has 0 heterocycles. The van der Waals surface area contributed by atoms with Gasteiger partial charge in [0.25, 0.3) is 0 Å². The highest BCUT2D eigenvalue weighted by atomic mass is 14.5. The zero-order valence-electron chi connectivity index (χ0n) is 26.0. The Morgan fingerprint density at radius 2 is 0.745 bits per heavy atom. The van der Waals surface area contributed by atoms with Crippen LogP contribution in [0.4, 0.5) is 0 Å². The third-order valence-corrected chi connectivity index (χ3v) is 10.5. The van der Waals surface area contributed by atoms with Gasteiger partial charge >= 0.3 is 0 Å². The summed E-state index contributed by atoms with van der Waals surface area (Å²) in [7, 11) is 0. The van der Waals surface area contributed by atoms with Crippen molar-refractivity contribution in [3.8, 4) is 55.6 Å². The predicted molar refractivity (Wildman–Crippen MR) is 199 cm³/mol. The third-order valence-electron chi connectivity index (χ3n) is 10.5. The highest BCUT2D eigenvalue weighted by Crippen LogP contribution is 2.62.